The number of hydrogen-bond acceptors (Lipinski definition) is 2. The predicted octanol–water partition coefficient (Wildman–Crippen LogP) is 2.72. The minimum atomic E-state index is -0.0257. The summed E-state index contributed by atoms with van der Waals surface area (Å²) in [4.78, 5) is 15.2. The highest BCUT2D eigenvalue weighted by atomic mass is 16.1. The summed E-state index contributed by atoms with van der Waals surface area (Å²) in [5.74, 6) is 1.55. The van der Waals surface area contributed by atoms with Crippen LogP contribution in [0.2, 0.25) is 0 Å². The van der Waals surface area contributed by atoms with E-state index in [1.165, 1.54) is 32.4 Å². The zero-order valence-electron chi connectivity index (χ0n) is 11.5. The van der Waals surface area contributed by atoms with Crippen LogP contribution in [0.3, 0.4) is 0 Å². The van der Waals surface area contributed by atoms with Crippen LogP contribution in [-0.2, 0) is 4.79 Å². The molecule has 0 aromatic rings. The van der Waals surface area contributed by atoms with Gasteiger partial charge < -0.3 is 4.90 Å². The van der Waals surface area contributed by atoms with Crippen molar-refractivity contribution in [2.75, 3.05) is 19.6 Å². The summed E-state index contributed by atoms with van der Waals surface area (Å²) >= 11 is 0. The molecule has 2 heteroatoms. The fourth-order valence-corrected chi connectivity index (χ4v) is 4.73. The molecular formula is C15H25NO. The van der Waals surface area contributed by atoms with Gasteiger partial charge in [-0.15, -0.1) is 0 Å². The molecule has 2 saturated carbocycles. The van der Waals surface area contributed by atoms with Gasteiger partial charge in [-0.2, -0.15) is 0 Å². The monoisotopic (exact) mass is 235 g/mol. The predicted molar refractivity (Wildman–Crippen MR) is 68.8 cm³/mol. The molecular weight excluding hydrogens is 210 g/mol. The first-order valence-corrected chi connectivity index (χ1v) is 7.23. The van der Waals surface area contributed by atoms with Crippen LogP contribution in [0.1, 0.15) is 46.5 Å². The van der Waals surface area contributed by atoms with Crippen LogP contribution in [0.25, 0.3) is 0 Å². The number of carbonyl (C=O) groups excluding carboxylic acids is 1. The Labute approximate surface area is 105 Å². The molecule has 1 saturated heterocycles. The van der Waals surface area contributed by atoms with Gasteiger partial charge in [-0.25, -0.2) is 0 Å². The summed E-state index contributed by atoms with van der Waals surface area (Å²) < 4.78 is 0. The van der Waals surface area contributed by atoms with Crippen molar-refractivity contribution in [1.82, 2.24) is 4.90 Å². The third-order valence-electron chi connectivity index (χ3n) is 6.32. The minimum absolute atomic E-state index is 0.0257. The van der Waals surface area contributed by atoms with Crippen molar-refractivity contribution < 1.29 is 4.79 Å². The maximum atomic E-state index is 12.7. The molecule has 17 heavy (non-hydrogen) atoms. The normalized spacial score (nSPS) is 44.8. The molecule has 0 N–H and O–H groups in total. The lowest BCUT2D eigenvalue weighted by Crippen LogP contribution is -2.37. The van der Waals surface area contributed by atoms with Crippen LogP contribution >= 0.6 is 0 Å². The second-order valence-corrected chi connectivity index (χ2v) is 7.18. The maximum absolute atomic E-state index is 12.7. The van der Waals surface area contributed by atoms with Crippen molar-refractivity contribution in [2.45, 2.75) is 46.5 Å². The molecule has 3 fully saturated rings. The Bertz CT molecular complexity index is 343. The van der Waals surface area contributed by atoms with Gasteiger partial charge in [0, 0.05) is 17.9 Å². The molecule has 0 amide bonds. The second-order valence-electron chi connectivity index (χ2n) is 7.18. The first-order valence-electron chi connectivity index (χ1n) is 7.23. The Hall–Kier alpha value is -0.370. The van der Waals surface area contributed by atoms with Gasteiger partial charge in [0.25, 0.3) is 0 Å². The number of Topliss-reactive ketones (excluding diaryl/α,β-unsaturated/α-hetero) is 1. The number of nitrogens with zero attached hydrogens (tertiary/aromatic N) is 1. The zero-order chi connectivity index (χ0) is 12.3. The number of rotatable bonds is 2. The lowest BCUT2D eigenvalue weighted by molar-refractivity contribution is -0.132. The van der Waals surface area contributed by atoms with E-state index in [1.807, 2.05) is 0 Å². The van der Waals surface area contributed by atoms with Crippen molar-refractivity contribution in [1.29, 1.82) is 0 Å². The van der Waals surface area contributed by atoms with Crippen molar-refractivity contribution in [3.05, 3.63) is 0 Å². The molecule has 0 spiro atoms. The summed E-state index contributed by atoms with van der Waals surface area (Å²) in [6, 6.07) is 0. The van der Waals surface area contributed by atoms with Crippen molar-refractivity contribution in [3.63, 3.8) is 0 Å². The molecule has 1 heterocycles. The topological polar surface area (TPSA) is 20.3 Å². The van der Waals surface area contributed by atoms with Crippen LogP contribution in [0.4, 0.5) is 0 Å². The van der Waals surface area contributed by atoms with Gasteiger partial charge in [0.05, 0.1) is 0 Å². The van der Waals surface area contributed by atoms with Gasteiger partial charge >= 0.3 is 0 Å². The van der Waals surface area contributed by atoms with Crippen molar-refractivity contribution in [2.24, 2.45) is 22.7 Å². The summed E-state index contributed by atoms with van der Waals surface area (Å²) in [6.45, 7) is 10.3. The van der Waals surface area contributed by atoms with Crippen LogP contribution in [0, 0.1) is 22.7 Å². The SMILES string of the molecule is CC1(C)[C@@H]2CC[C@@]1(C)C(=O)[C@H]2CN1CCCC1. The number of carbonyl (C=O) groups is 1. The number of hydrogen-bond donors (Lipinski definition) is 0. The number of ketones is 1. The Balaban J connectivity index is 1.81. The Morgan fingerprint density at radius 3 is 2.41 bits per heavy atom. The smallest absolute Gasteiger partial charge is 0.143 e. The van der Waals surface area contributed by atoms with Crippen LogP contribution in [0.5, 0.6) is 0 Å². The minimum Gasteiger partial charge on any atom is -0.303 e. The lowest BCUT2D eigenvalue weighted by atomic mass is 9.70. The molecule has 2 aliphatic carbocycles. The Kier molecular flexibility index (Phi) is 2.46. The molecule has 2 nitrogen and oxygen atoms in total. The van der Waals surface area contributed by atoms with E-state index in [4.69, 9.17) is 0 Å². The molecule has 0 unspecified atom stereocenters. The van der Waals surface area contributed by atoms with Crippen LogP contribution in [-0.4, -0.2) is 30.3 Å². The highest BCUT2D eigenvalue weighted by molar-refractivity contribution is 5.91. The van der Waals surface area contributed by atoms with Gasteiger partial charge in [-0.1, -0.05) is 20.8 Å². The number of fused-ring (bicyclic) bond motifs is 2. The quantitative estimate of drug-likeness (QED) is 0.733. The summed E-state index contributed by atoms with van der Waals surface area (Å²) in [5, 5.41) is 0. The average Bonchev–Trinajstić information content (AvgIpc) is 2.87. The largest absolute Gasteiger partial charge is 0.303 e. The third-order valence-corrected chi connectivity index (χ3v) is 6.32. The summed E-state index contributed by atoms with van der Waals surface area (Å²) in [7, 11) is 0. The Morgan fingerprint density at radius 2 is 1.88 bits per heavy atom. The maximum Gasteiger partial charge on any atom is 0.143 e. The Morgan fingerprint density at radius 1 is 1.24 bits per heavy atom. The number of likely N-dealkylation sites (tertiary alicyclic amines) is 1. The molecule has 0 aromatic carbocycles. The van der Waals surface area contributed by atoms with E-state index in [9.17, 15) is 4.79 Å². The van der Waals surface area contributed by atoms with Gasteiger partial charge in [0.1, 0.15) is 5.78 Å². The van der Waals surface area contributed by atoms with E-state index < -0.39 is 0 Å². The van der Waals surface area contributed by atoms with Crippen molar-refractivity contribution in [3.8, 4) is 0 Å². The first kappa shape index (κ1) is 11.7. The molecule has 0 aromatic heterocycles. The van der Waals surface area contributed by atoms with Gasteiger partial charge in [-0.3, -0.25) is 4.79 Å². The van der Waals surface area contributed by atoms with Crippen LogP contribution in [0.15, 0.2) is 0 Å². The van der Waals surface area contributed by atoms with E-state index in [1.54, 1.807) is 0 Å². The molecule has 2 bridgehead atoms. The van der Waals surface area contributed by atoms with E-state index >= 15 is 0 Å². The average molecular weight is 235 g/mol. The van der Waals surface area contributed by atoms with Gasteiger partial charge in [0.2, 0.25) is 0 Å². The van der Waals surface area contributed by atoms with E-state index in [2.05, 4.69) is 25.7 Å². The summed E-state index contributed by atoms with van der Waals surface area (Å²) in [5.41, 5.74) is 0.205. The second kappa shape index (κ2) is 3.57. The van der Waals surface area contributed by atoms with Crippen LogP contribution < -0.4 is 0 Å². The fraction of sp³-hybridized carbons (Fsp3) is 0.933. The molecule has 3 aliphatic rings. The molecule has 3 rings (SSSR count). The third kappa shape index (κ3) is 1.39. The first-order chi connectivity index (χ1) is 7.97. The van der Waals surface area contributed by atoms with Gasteiger partial charge in [-0.05, 0) is 50.1 Å². The zero-order valence-corrected chi connectivity index (χ0v) is 11.5. The van der Waals surface area contributed by atoms with E-state index in [0.717, 1.165) is 13.0 Å². The van der Waals surface area contributed by atoms with E-state index in [0.29, 0.717) is 17.6 Å². The standard InChI is InChI=1S/C15H25NO/c1-14(2)12-6-7-15(14,3)13(17)11(12)10-16-8-4-5-9-16/h11-12H,4-10H2,1-3H3/t11-,12+,15-/m0/s1. The van der Waals surface area contributed by atoms with E-state index in [-0.39, 0.29) is 10.8 Å². The van der Waals surface area contributed by atoms with Gasteiger partial charge in [0.15, 0.2) is 0 Å². The fourth-order valence-electron chi connectivity index (χ4n) is 4.73. The molecule has 0 radical (unpaired) electrons. The summed E-state index contributed by atoms with van der Waals surface area (Å²) in [6.07, 6.45) is 5.05. The molecule has 96 valence electrons. The lowest BCUT2D eigenvalue weighted by Gasteiger charge is -2.32. The highest BCUT2D eigenvalue weighted by Gasteiger charge is 2.65. The van der Waals surface area contributed by atoms with Crippen molar-refractivity contribution >= 4 is 5.78 Å². The molecule has 3 atom stereocenters. The molecule has 1 aliphatic heterocycles. The highest BCUT2D eigenvalue weighted by Crippen LogP contribution is 2.65.